The molecule has 2 aromatic rings. The van der Waals surface area contributed by atoms with Crippen LogP contribution < -0.4 is 10.1 Å². The van der Waals surface area contributed by atoms with Gasteiger partial charge in [-0.2, -0.15) is 5.26 Å². The highest BCUT2D eigenvalue weighted by atomic mass is 19.1. The van der Waals surface area contributed by atoms with Crippen molar-refractivity contribution < 1.29 is 9.13 Å². The van der Waals surface area contributed by atoms with Crippen molar-refractivity contribution >= 4 is 5.69 Å². The maximum absolute atomic E-state index is 13.2. The quantitative estimate of drug-likeness (QED) is 0.914. The van der Waals surface area contributed by atoms with E-state index in [0.717, 1.165) is 5.56 Å². The number of nitriles is 1. The van der Waals surface area contributed by atoms with Gasteiger partial charge in [0, 0.05) is 30.1 Å². The number of nitrogens with zero attached hydrogens (tertiary/aromatic N) is 2. The van der Waals surface area contributed by atoms with Gasteiger partial charge in [-0.15, -0.1) is 0 Å². The van der Waals surface area contributed by atoms with Crippen molar-refractivity contribution in [1.29, 1.82) is 5.26 Å². The highest BCUT2D eigenvalue weighted by Crippen LogP contribution is 2.22. The van der Waals surface area contributed by atoms with Crippen molar-refractivity contribution in [2.75, 3.05) is 12.4 Å². The van der Waals surface area contributed by atoms with E-state index >= 15 is 0 Å². The first-order valence-corrected chi connectivity index (χ1v) is 5.66. The molecule has 0 spiro atoms. The van der Waals surface area contributed by atoms with Crippen LogP contribution in [0.3, 0.4) is 0 Å². The van der Waals surface area contributed by atoms with E-state index < -0.39 is 5.82 Å². The van der Waals surface area contributed by atoms with Crippen molar-refractivity contribution in [2.45, 2.75) is 6.54 Å². The fourth-order valence-corrected chi connectivity index (χ4v) is 1.65. The minimum atomic E-state index is -0.410. The average molecular weight is 257 g/mol. The molecule has 4 nitrogen and oxygen atoms in total. The summed E-state index contributed by atoms with van der Waals surface area (Å²) in [5.74, 6) is -0.233. The number of methoxy groups -OCH3 is 1. The minimum absolute atomic E-state index is 0.177. The lowest BCUT2D eigenvalue weighted by atomic mass is 10.2. The SMILES string of the molecule is COc1cc(NCc2cccnc2C#N)ccc1F. The minimum Gasteiger partial charge on any atom is -0.494 e. The zero-order valence-corrected chi connectivity index (χ0v) is 10.4. The second-order valence-electron chi connectivity index (χ2n) is 3.83. The number of pyridine rings is 1. The first-order chi connectivity index (χ1) is 9.24. The molecule has 19 heavy (non-hydrogen) atoms. The Morgan fingerprint density at radius 3 is 3.00 bits per heavy atom. The zero-order chi connectivity index (χ0) is 13.7. The zero-order valence-electron chi connectivity index (χ0n) is 10.4. The van der Waals surface area contributed by atoms with Gasteiger partial charge >= 0.3 is 0 Å². The Hall–Kier alpha value is -2.61. The van der Waals surface area contributed by atoms with E-state index in [-0.39, 0.29) is 5.75 Å². The monoisotopic (exact) mass is 257 g/mol. The molecule has 1 aromatic carbocycles. The third kappa shape index (κ3) is 2.99. The molecule has 96 valence electrons. The number of aromatic nitrogens is 1. The molecule has 0 unspecified atom stereocenters. The molecule has 1 aromatic heterocycles. The molecule has 2 rings (SSSR count). The fraction of sp³-hybridized carbons (Fsp3) is 0.143. The number of benzene rings is 1. The lowest BCUT2D eigenvalue weighted by molar-refractivity contribution is 0.387. The lowest BCUT2D eigenvalue weighted by Crippen LogP contribution is -2.03. The molecule has 0 aliphatic heterocycles. The second-order valence-corrected chi connectivity index (χ2v) is 3.83. The summed E-state index contributed by atoms with van der Waals surface area (Å²) in [6, 6.07) is 10.1. The Balaban J connectivity index is 2.13. The summed E-state index contributed by atoms with van der Waals surface area (Å²) in [5, 5.41) is 12.0. The van der Waals surface area contributed by atoms with Crippen LogP contribution in [0.1, 0.15) is 11.3 Å². The van der Waals surface area contributed by atoms with Crippen molar-refractivity contribution in [1.82, 2.24) is 4.98 Å². The normalized spacial score (nSPS) is 9.74. The third-order valence-electron chi connectivity index (χ3n) is 2.63. The number of hydrogen-bond donors (Lipinski definition) is 1. The summed E-state index contributed by atoms with van der Waals surface area (Å²) in [7, 11) is 1.41. The van der Waals surface area contributed by atoms with Gasteiger partial charge in [-0.3, -0.25) is 0 Å². The first-order valence-electron chi connectivity index (χ1n) is 5.66. The molecular weight excluding hydrogens is 245 g/mol. The van der Waals surface area contributed by atoms with Gasteiger partial charge in [0.1, 0.15) is 11.8 Å². The molecule has 0 atom stereocenters. The van der Waals surface area contributed by atoms with Crippen LogP contribution in [-0.4, -0.2) is 12.1 Å². The molecule has 5 heteroatoms. The molecule has 0 saturated carbocycles. The van der Waals surface area contributed by atoms with Gasteiger partial charge < -0.3 is 10.1 Å². The number of nitrogens with one attached hydrogen (secondary N) is 1. The van der Waals surface area contributed by atoms with Gasteiger partial charge in [0.05, 0.1) is 7.11 Å². The predicted octanol–water partition coefficient (Wildman–Crippen LogP) is 2.71. The van der Waals surface area contributed by atoms with Gasteiger partial charge in [-0.1, -0.05) is 6.07 Å². The van der Waals surface area contributed by atoms with Gasteiger partial charge in [-0.25, -0.2) is 9.37 Å². The summed E-state index contributed by atoms with van der Waals surface area (Å²) in [5.41, 5.74) is 1.88. The van der Waals surface area contributed by atoms with Crippen LogP contribution in [0, 0.1) is 17.1 Å². The highest BCUT2D eigenvalue weighted by Gasteiger charge is 2.05. The van der Waals surface area contributed by atoms with Crippen LogP contribution in [0.5, 0.6) is 5.75 Å². The molecule has 0 fully saturated rings. The van der Waals surface area contributed by atoms with Crippen LogP contribution in [0.15, 0.2) is 36.5 Å². The number of ether oxygens (including phenoxy) is 1. The standard InChI is InChI=1S/C14H12FN3O/c1-19-14-7-11(4-5-12(14)15)18-9-10-3-2-6-17-13(10)8-16/h2-7,18H,9H2,1H3. The van der Waals surface area contributed by atoms with E-state index in [0.29, 0.717) is 17.9 Å². The smallest absolute Gasteiger partial charge is 0.165 e. The van der Waals surface area contributed by atoms with Gasteiger partial charge in [-0.05, 0) is 18.2 Å². The molecule has 0 radical (unpaired) electrons. The summed E-state index contributed by atoms with van der Waals surface area (Å²) < 4.78 is 18.1. The maximum Gasteiger partial charge on any atom is 0.165 e. The topological polar surface area (TPSA) is 57.9 Å². The first kappa shape index (κ1) is 12.8. The third-order valence-corrected chi connectivity index (χ3v) is 2.63. The Morgan fingerprint density at radius 2 is 2.26 bits per heavy atom. The van der Waals surface area contributed by atoms with E-state index in [1.807, 2.05) is 12.1 Å². The van der Waals surface area contributed by atoms with Crippen molar-refractivity contribution in [2.24, 2.45) is 0 Å². The molecular formula is C14H12FN3O. The average Bonchev–Trinajstić information content (AvgIpc) is 2.46. The molecule has 0 saturated heterocycles. The van der Waals surface area contributed by atoms with E-state index in [4.69, 9.17) is 10.00 Å². The number of hydrogen-bond acceptors (Lipinski definition) is 4. The Bertz CT molecular complexity index is 622. The van der Waals surface area contributed by atoms with E-state index in [1.54, 1.807) is 24.4 Å². The van der Waals surface area contributed by atoms with Crippen LogP contribution in [-0.2, 0) is 6.54 Å². The maximum atomic E-state index is 13.2. The summed E-state index contributed by atoms with van der Waals surface area (Å²) in [6.45, 7) is 0.436. The molecule has 0 aliphatic rings. The molecule has 0 bridgehead atoms. The summed E-state index contributed by atoms with van der Waals surface area (Å²) in [6.07, 6.45) is 1.57. The fourth-order valence-electron chi connectivity index (χ4n) is 1.65. The highest BCUT2D eigenvalue weighted by molar-refractivity contribution is 5.49. The Morgan fingerprint density at radius 1 is 1.42 bits per heavy atom. The molecule has 1 heterocycles. The predicted molar refractivity (Wildman–Crippen MR) is 69.2 cm³/mol. The Labute approximate surface area is 110 Å². The van der Waals surface area contributed by atoms with E-state index in [1.165, 1.54) is 13.2 Å². The van der Waals surface area contributed by atoms with E-state index in [2.05, 4.69) is 10.3 Å². The largest absolute Gasteiger partial charge is 0.494 e. The van der Waals surface area contributed by atoms with Gasteiger partial charge in [0.2, 0.25) is 0 Å². The summed E-state index contributed by atoms with van der Waals surface area (Å²) in [4.78, 5) is 3.97. The van der Waals surface area contributed by atoms with E-state index in [9.17, 15) is 4.39 Å². The molecule has 1 N–H and O–H groups in total. The number of anilines is 1. The number of halogens is 1. The van der Waals surface area contributed by atoms with Gasteiger partial charge in [0.25, 0.3) is 0 Å². The Kier molecular flexibility index (Phi) is 3.94. The van der Waals surface area contributed by atoms with Crippen LogP contribution in [0.4, 0.5) is 10.1 Å². The van der Waals surface area contributed by atoms with Gasteiger partial charge in [0.15, 0.2) is 11.6 Å². The van der Waals surface area contributed by atoms with Crippen LogP contribution >= 0.6 is 0 Å². The van der Waals surface area contributed by atoms with Crippen molar-refractivity contribution in [3.8, 4) is 11.8 Å². The second kappa shape index (κ2) is 5.83. The van der Waals surface area contributed by atoms with Crippen molar-refractivity contribution in [3.05, 3.63) is 53.6 Å². The van der Waals surface area contributed by atoms with Crippen LogP contribution in [0.2, 0.25) is 0 Å². The number of rotatable bonds is 4. The molecule has 0 amide bonds. The molecule has 0 aliphatic carbocycles. The summed E-state index contributed by atoms with van der Waals surface area (Å²) >= 11 is 0. The van der Waals surface area contributed by atoms with Crippen molar-refractivity contribution in [3.63, 3.8) is 0 Å². The van der Waals surface area contributed by atoms with Crippen LogP contribution in [0.25, 0.3) is 0 Å². The lowest BCUT2D eigenvalue weighted by Gasteiger charge is -2.09.